The van der Waals surface area contributed by atoms with Crippen molar-refractivity contribution in [3.05, 3.63) is 0 Å². The molecule has 0 N–H and O–H groups in total. The molecule has 5 heteroatoms. The van der Waals surface area contributed by atoms with Crippen LogP contribution in [0, 0.1) is 0 Å². The lowest BCUT2D eigenvalue weighted by Crippen LogP contribution is -2.01. The molecule has 0 saturated carbocycles. The van der Waals surface area contributed by atoms with E-state index in [4.69, 9.17) is 4.52 Å². The highest BCUT2D eigenvalue weighted by molar-refractivity contribution is 7.40. The number of ether oxygens (including phenoxy) is 1. The first-order valence-electron chi connectivity index (χ1n) is 3.56. The van der Waals surface area contributed by atoms with Crippen LogP contribution in [0.4, 0.5) is 0 Å². The van der Waals surface area contributed by atoms with Crippen molar-refractivity contribution in [2.24, 2.45) is 0 Å². The standard InChI is InChI=1S/C6H11O4P/c1-2-10-11(8)5-3-6(7)9-4-5/h5,11H,2-4H2,1H3. The molecule has 1 rings (SSSR count). The Bertz CT molecular complexity index is 179. The molecule has 0 bridgehead atoms. The van der Waals surface area contributed by atoms with Crippen LogP contribution in [0.15, 0.2) is 0 Å². The Morgan fingerprint density at radius 2 is 2.55 bits per heavy atom. The van der Waals surface area contributed by atoms with Gasteiger partial charge in [0.15, 0.2) is 8.03 Å². The quantitative estimate of drug-likeness (QED) is 0.474. The zero-order valence-corrected chi connectivity index (χ0v) is 7.33. The molecule has 0 aliphatic carbocycles. The van der Waals surface area contributed by atoms with Crippen molar-refractivity contribution < 1.29 is 18.6 Å². The summed E-state index contributed by atoms with van der Waals surface area (Å²) in [6.07, 6.45) is 0.248. The topological polar surface area (TPSA) is 52.6 Å². The molecule has 1 heterocycles. The zero-order valence-electron chi connectivity index (χ0n) is 6.33. The molecule has 64 valence electrons. The summed E-state index contributed by atoms with van der Waals surface area (Å²) in [5.41, 5.74) is -0.188. The van der Waals surface area contributed by atoms with Crippen LogP contribution < -0.4 is 0 Å². The summed E-state index contributed by atoms with van der Waals surface area (Å²) in [4.78, 5) is 10.6. The number of rotatable bonds is 3. The summed E-state index contributed by atoms with van der Waals surface area (Å²) >= 11 is 0. The molecule has 0 amide bonds. The Morgan fingerprint density at radius 3 is 3.00 bits per heavy atom. The molecule has 1 aliphatic heterocycles. The van der Waals surface area contributed by atoms with Crippen molar-refractivity contribution in [1.29, 1.82) is 0 Å². The van der Waals surface area contributed by atoms with Crippen molar-refractivity contribution >= 4 is 14.0 Å². The maximum atomic E-state index is 11.1. The summed E-state index contributed by atoms with van der Waals surface area (Å²) < 4.78 is 20.6. The molecule has 2 atom stereocenters. The van der Waals surface area contributed by atoms with Crippen LogP contribution in [0.5, 0.6) is 0 Å². The van der Waals surface area contributed by atoms with Crippen molar-refractivity contribution in [3.8, 4) is 0 Å². The van der Waals surface area contributed by atoms with Gasteiger partial charge in [0.05, 0.1) is 18.7 Å². The third-order valence-electron chi connectivity index (χ3n) is 1.48. The number of esters is 1. The number of hydrogen-bond acceptors (Lipinski definition) is 4. The van der Waals surface area contributed by atoms with E-state index >= 15 is 0 Å². The van der Waals surface area contributed by atoms with Crippen molar-refractivity contribution in [1.82, 2.24) is 0 Å². The van der Waals surface area contributed by atoms with Gasteiger partial charge < -0.3 is 9.26 Å². The molecule has 2 unspecified atom stereocenters. The number of carbonyl (C=O) groups is 1. The van der Waals surface area contributed by atoms with Crippen molar-refractivity contribution in [2.75, 3.05) is 13.2 Å². The summed E-state index contributed by atoms with van der Waals surface area (Å²) in [5.74, 6) is -0.270. The van der Waals surface area contributed by atoms with E-state index in [2.05, 4.69) is 4.74 Å². The predicted molar refractivity (Wildman–Crippen MR) is 40.0 cm³/mol. The normalized spacial score (nSPS) is 26.6. The molecular formula is C6H11O4P. The van der Waals surface area contributed by atoms with Crippen LogP contribution in [0.1, 0.15) is 13.3 Å². The van der Waals surface area contributed by atoms with E-state index in [1.807, 2.05) is 0 Å². The largest absolute Gasteiger partial charge is 0.465 e. The van der Waals surface area contributed by atoms with E-state index in [-0.39, 0.29) is 24.7 Å². The van der Waals surface area contributed by atoms with Gasteiger partial charge in [-0.05, 0) is 6.92 Å². The van der Waals surface area contributed by atoms with E-state index in [1.165, 1.54) is 0 Å². The molecule has 1 aliphatic rings. The Balaban J connectivity index is 2.37. The van der Waals surface area contributed by atoms with Crippen LogP contribution in [-0.2, 0) is 18.6 Å². The van der Waals surface area contributed by atoms with Crippen LogP contribution in [0.3, 0.4) is 0 Å². The van der Waals surface area contributed by atoms with Crippen LogP contribution in [0.25, 0.3) is 0 Å². The summed E-state index contributed by atoms with van der Waals surface area (Å²) in [6, 6.07) is 0. The number of hydrogen-bond donors (Lipinski definition) is 0. The van der Waals surface area contributed by atoms with Gasteiger partial charge in [-0.3, -0.25) is 9.36 Å². The molecule has 1 saturated heterocycles. The zero-order chi connectivity index (χ0) is 8.27. The summed E-state index contributed by atoms with van der Waals surface area (Å²) in [5, 5.41) is 0. The smallest absolute Gasteiger partial charge is 0.306 e. The first-order valence-corrected chi connectivity index (χ1v) is 4.95. The van der Waals surface area contributed by atoms with E-state index in [1.54, 1.807) is 6.92 Å². The SMILES string of the molecule is CCO[PH](=O)C1COC(=O)C1. The third-order valence-corrected chi connectivity index (χ3v) is 3.09. The van der Waals surface area contributed by atoms with Gasteiger partial charge in [-0.2, -0.15) is 0 Å². The highest BCUT2D eigenvalue weighted by atomic mass is 31.1. The molecule has 0 aromatic heterocycles. The lowest BCUT2D eigenvalue weighted by molar-refractivity contribution is -0.137. The highest BCUT2D eigenvalue weighted by Gasteiger charge is 2.28. The molecular weight excluding hydrogens is 167 g/mol. The van der Waals surface area contributed by atoms with Gasteiger partial charge in [0.1, 0.15) is 6.61 Å². The van der Waals surface area contributed by atoms with Gasteiger partial charge in [-0.25, -0.2) is 0 Å². The lowest BCUT2D eigenvalue weighted by atomic mass is 10.4. The fraction of sp³-hybridized carbons (Fsp3) is 0.833. The van der Waals surface area contributed by atoms with E-state index in [0.29, 0.717) is 6.61 Å². The maximum Gasteiger partial charge on any atom is 0.306 e. The van der Waals surface area contributed by atoms with Gasteiger partial charge in [0, 0.05) is 0 Å². The molecule has 0 spiro atoms. The van der Waals surface area contributed by atoms with E-state index < -0.39 is 8.03 Å². The first kappa shape index (κ1) is 8.75. The van der Waals surface area contributed by atoms with Gasteiger partial charge in [0.2, 0.25) is 0 Å². The van der Waals surface area contributed by atoms with Gasteiger partial charge in [0.25, 0.3) is 0 Å². The third kappa shape index (κ3) is 2.31. The van der Waals surface area contributed by atoms with E-state index in [9.17, 15) is 9.36 Å². The minimum absolute atomic E-state index is 0.188. The fourth-order valence-electron chi connectivity index (χ4n) is 0.924. The Kier molecular flexibility index (Phi) is 3.09. The van der Waals surface area contributed by atoms with Crippen molar-refractivity contribution in [3.63, 3.8) is 0 Å². The predicted octanol–water partition coefficient (Wildman–Crippen LogP) is 0.813. The van der Waals surface area contributed by atoms with Gasteiger partial charge >= 0.3 is 5.97 Å². The average Bonchev–Trinajstić information content (AvgIpc) is 2.36. The Morgan fingerprint density at radius 1 is 1.82 bits per heavy atom. The van der Waals surface area contributed by atoms with Crippen LogP contribution in [0.2, 0.25) is 0 Å². The molecule has 4 nitrogen and oxygen atoms in total. The second kappa shape index (κ2) is 3.88. The average molecular weight is 178 g/mol. The Hall–Kier alpha value is -0.340. The first-order chi connectivity index (χ1) is 5.24. The molecule has 0 aromatic rings. The number of carbonyl (C=O) groups excluding carboxylic acids is 1. The summed E-state index contributed by atoms with van der Waals surface area (Å²) in [7, 11) is -2.05. The molecule has 1 fully saturated rings. The van der Waals surface area contributed by atoms with Crippen molar-refractivity contribution in [2.45, 2.75) is 19.0 Å². The second-order valence-corrected chi connectivity index (χ2v) is 4.08. The van der Waals surface area contributed by atoms with E-state index in [0.717, 1.165) is 0 Å². The fourth-order valence-corrected chi connectivity index (χ4v) is 2.00. The van der Waals surface area contributed by atoms with Gasteiger partial charge in [-0.15, -0.1) is 0 Å². The minimum atomic E-state index is -2.05. The van der Waals surface area contributed by atoms with Crippen LogP contribution in [-0.4, -0.2) is 24.8 Å². The maximum absolute atomic E-state index is 11.1. The molecule has 0 radical (unpaired) electrons. The Labute approximate surface area is 65.7 Å². The lowest BCUT2D eigenvalue weighted by Gasteiger charge is -2.04. The monoisotopic (exact) mass is 178 g/mol. The molecule has 0 aromatic carbocycles. The second-order valence-electron chi connectivity index (χ2n) is 2.34. The van der Waals surface area contributed by atoms with Gasteiger partial charge in [-0.1, -0.05) is 0 Å². The number of cyclic esters (lactones) is 1. The van der Waals surface area contributed by atoms with Crippen LogP contribution >= 0.6 is 8.03 Å². The minimum Gasteiger partial charge on any atom is -0.465 e. The molecule has 11 heavy (non-hydrogen) atoms. The highest BCUT2D eigenvalue weighted by Crippen LogP contribution is 2.34. The summed E-state index contributed by atoms with van der Waals surface area (Å²) in [6.45, 7) is 2.47.